The summed E-state index contributed by atoms with van der Waals surface area (Å²) >= 11 is 0. The second-order valence-corrected chi connectivity index (χ2v) is 8.40. The predicted octanol–water partition coefficient (Wildman–Crippen LogP) is 4.78. The molecular formula is C21H20F3NO5S. The largest absolute Gasteiger partial charge is 0.525 e. The molecule has 0 bridgehead atoms. The summed E-state index contributed by atoms with van der Waals surface area (Å²) in [5, 5.41) is 0.287. The van der Waals surface area contributed by atoms with Crippen molar-refractivity contribution < 1.29 is 38.4 Å². The van der Waals surface area contributed by atoms with Gasteiger partial charge in [-0.2, -0.15) is 21.6 Å². The van der Waals surface area contributed by atoms with Crippen LogP contribution in [0.3, 0.4) is 0 Å². The number of hydrogen-bond donors (Lipinski definition) is 0. The average Bonchev–Trinajstić information content (AvgIpc) is 2.78. The lowest BCUT2D eigenvalue weighted by atomic mass is 9.92. The molecule has 0 aliphatic carbocycles. The van der Waals surface area contributed by atoms with Crippen molar-refractivity contribution >= 4 is 32.7 Å². The van der Waals surface area contributed by atoms with Gasteiger partial charge in [-0.3, -0.25) is 9.59 Å². The molecule has 166 valence electrons. The van der Waals surface area contributed by atoms with E-state index in [9.17, 15) is 31.2 Å². The minimum absolute atomic E-state index is 0.156. The molecule has 2 aromatic carbocycles. The summed E-state index contributed by atoms with van der Waals surface area (Å²) in [7, 11) is -6.20. The average molecular weight is 459 g/mol. The fourth-order valence-corrected chi connectivity index (χ4v) is 3.61. The molecule has 6 nitrogen and oxygen atoms in total. The Morgan fingerprint density at radius 3 is 2.39 bits per heavy atom. The van der Waals surface area contributed by atoms with Gasteiger partial charge in [0.1, 0.15) is 0 Å². The standard InChI is InChI=1S/C21H18F3NO5S.H2/c1-2-3-4-5-6-7-9-14-12-13-17-18-15(14)10-8-11-16(18)19(26)25(20(17)27)30-31(28,29)21(22,23)24;/h8,10-13H,2-6H2,1H3;1H/i;1+2T. The van der Waals surface area contributed by atoms with Gasteiger partial charge in [0.2, 0.25) is 0 Å². The van der Waals surface area contributed by atoms with E-state index in [2.05, 4.69) is 23.0 Å². The van der Waals surface area contributed by atoms with Crippen molar-refractivity contribution in [3.8, 4) is 11.8 Å². The summed E-state index contributed by atoms with van der Waals surface area (Å²) in [5.41, 5.74) is -5.56. The number of amides is 2. The van der Waals surface area contributed by atoms with Crippen LogP contribution in [0.25, 0.3) is 10.8 Å². The summed E-state index contributed by atoms with van der Waals surface area (Å²) in [6.45, 7) is 2.11. The summed E-state index contributed by atoms with van der Waals surface area (Å²) in [5.74, 6) is 3.44. The van der Waals surface area contributed by atoms with Gasteiger partial charge in [0.05, 0.1) is 11.1 Å². The van der Waals surface area contributed by atoms with Crippen LogP contribution in [0.2, 0.25) is 0 Å². The van der Waals surface area contributed by atoms with Gasteiger partial charge < -0.3 is 0 Å². The molecule has 0 saturated heterocycles. The Bertz CT molecular complexity index is 1200. The summed E-state index contributed by atoms with van der Waals surface area (Å²) < 4.78 is 74.5. The zero-order chi connectivity index (χ0) is 24.8. The van der Waals surface area contributed by atoms with E-state index in [1.54, 1.807) is 6.07 Å². The number of benzene rings is 2. The molecule has 10 heteroatoms. The second-order valence-electron chi connectivity index (χ2n) is 6.88. The van der Waals surface area contributed by atoms with Crippen molar-refractivity contribution in [3.63, 3.8) is 0 Å². The Morgan fingerprint density at radius 1 is 1.06 bits per heavy atom. The minimum atomic E-state index is -6.20. The molecule has 2 amide bonds. The SMILES string of the molecule is CCCCCCC#Cc1ccc2c3c(cccc13)C(=O)N(OS(=O)(=O)C(F)(F)F)C2=O.[3H][3H]. The zero-order valence-electron chi connectivity index (χ0n) is 18.5. The molecule has 1 aliphatic rings. The number of imide groups is 1. The third-order valence-corrected chi connectivity index (χ3v) is 5.62. The van der Waals surface area contributed by atoms with Crippen LogP contribution in [0, 0.1) is 11.8 Å². The molecule has 3 rings (SSSR count). The van der Waals surface area contributed by atoms with Crippen molar-refractivity contribution in [2.45, 2.75) is 44.5 Å². The molecule has 0 atom stereocenters. The third-order valence-electron chi connectivity index (χ3n) is 4.70. The van der Waals surface area contributed by atoms with Crippen LogP contribution in [-0.4, -0.2) is 30.8 Å². The van der Waals surface area contributed by atoms with Crippen molar-refractivity contribution in [2.24, 2.45) is 0 Å². The Hall–Kier alpha value is -2.90. The monoisotopic (exact) mass is 459 g/mol. The van der Waals surface area contributed by atoms with Crippen LogP contribution >= 0.6 is 0 Å². The first-order chi connectivity index (χ1) is 15.6. The van der Waals surface area contributed by atoms with Gasteiger partial charge in [0, 0.05) is 20.3 Å². The maximum Gasteiger partial charge on any atom is 0.525 e. The summed E-state index contributed by atoms with van der Waals surface area (Å²) in [4.78, 5) is 25.2. The van der Waals surface area contributed by atoms with Gasteiger partial charge in [-0.25, -0.2) is 0 Å². The van der Waals surface area contributed by atoms with Crippen molar-refractivity contribution in [1.29, 1.82) is 0 Å². The van der Waals surface area contributed by atoms with Gasteiger partial charge >= 0.3 is 15.6 Å². The van der Waals surface area contributed by atoms with E-state index < -0.39 is 27.4 Å². The molecule has 1 heterocycles. The number of carbonyl (C=O) groups is 2. The Kier molecular flexibility index (Phi) is 5.98. The maximum absolute atomic E-state index is 12.7. The lowest BCUT2D eigenvalue weighted by Gasteiger charge is -2.25. The van der Waals surface area contributed by atoms with E-state index in [1.165, 1.54) is 24.3 Å². The molecule has 1 aliphatic heterocycles. The van der Waals surface area contributed by atoms with E-state index in [0.717, 1.165) is 25.7 Å². The van der Waals surface area contributed by atoms with Crippen LogP contribution in [-0.2, 0) is 14.4 Å². The van der Waals surface area contributed by atoms with Gasteiger partial charge in [0.15, 0.2) is 0 Å². The van der Waals surface area contributed by atoms with Crippen molar-refractivity contribution in [1.82, 2.24) is 5.06 Å². The normalized spacial score (nSPS) is 14.3. The van der Waals surface area contributed by atoms with E-state index in [-0.39, 0.29) is 21.6 Å². The fourth-order valence-electron chi connectivity index (χ4n) is 3.19. The molecule has 0 N–H and O–H groups in total. The molecule has 0 fully saturated rings. The highest BCUT2D eigenvalue weighted by atomic mass is 32.2. The predicted molar refractivity (Wildman–Crippen MR) is 108 cm³/mol. The number of hydrogen-bond acceptors (Lipinski definition) is 5. The molecule has 0 unspecified atom stereocenters. The quantitative estimate of drug-likeness (QED) is 0.269. The lowest BCUT2D eigenvalue weighted by molar-refractivity contribution is -0.0761. The number of halogens is 3. The molecule has 0 aromatic heterocycles. The maximum atomic E-state index is 12.7. The highest BCUT2D eigenvalue weighted by molar-refractivity contribution is 7.87. The van der Waals surface area contributed by atoms with Crippen LogP contribution in [0.15, 0.2) is 30.3 Å². The van der Waals surface area contributed by atoms with Gasteiger partial charge in [0.25, 0.3) is 11.8 Å². The molecule has 2 aromatic rings. The van der Waals surface area contributed by atoms with Gasteiger partial charge in [-0.1, -0.05) is 50.2 Å². The highest BCUT2D eigenvalue weighted by Gasteiger charge is 2.51. The number of unbranched alkanes of at least 4 members (excludes halogenated alkanes) is 4. The first-order valence-corrected chi connectivity index (χ1v) is 10.9. The summed E-state index contributed by atoms with van der Waals surface area (Å²) in [6.07, 6.45) is 4.91. The number of carbonyl (C=O) groups excluding carboxylic acids is 2. The topological polar surface area (TPSA) is 80.8 Å². The number of nitrogens with zero attached hydrogens (tertiary/aromatic N) is 1. The first-order valence-electron chi connectivity index (χ1n) is 10.5. The van der Waals surface area contributed by atoms with Gasteiger partial charge in [-0.15, -0.1) is 9.35 Å². The molecule has 0 spiro atoms. The fraction of sp³-hybridized carbons (Fsp3) is 0.333. The molecule has 0 radical (unpaired) electrons. The third kappa shape index (κ3) is 4.43. The smallest absolute Gasteiger partial charge is 0.266 e. The van der Waals surface area contributed by atoms with Gasteiger partial charge in [-0.05, 0) is 30.0 Å². The lowest BCUT2D eigenvalue weighted by Crippen LogP contribution is -2.44. The number of rotatable bonds is 6. The summed E-state index contributed by atoms with van der Waals surface area (Å²) in [6, 6.07) is 7.17. The molecule has 31 heavy (non-hydrogen) atoms. The van der Waals surface area contributed by atoms with Crippen molar-refractivity contribution in [3.05, 3.63) is 47.0 Å². The van der Waals surface area contributed by atoms with E-state index in [1.807, 2.05) is 0 Å². The first kappa shape index (κ1) is 21.3. The van der Waals surface area contributed by atoms with E-state index >= 15 is 0 Å². The minimum Gasteiger partial charge on any atom is -0.266 e. The zero-order valence-corrected chi connectivity index (χ0v) is 17.3. The Balaban J connectivity index is 0.00000187. The van der Waals surface area contributed by atoms with Crippen LogP contribution in [0.5, 0.6) is 0 Å². The number of alkyl halides is 3. The number of hydroxylamine groups is 2. The Labute approximate surface area is 180 Å². The Morgan fingerprint density at radius 2 is 1.74 bits per heavy atom. The second kappa shape index (κ2) is 8.69. The molecular weight excluding hydrogens is 435 g/mol. The molecule has 0 saturated carbocycles. The van der Waals surface area contributed by atoms with E-state index in [4.69, 9.17) is 2.97 Å². The van der Waals surface area contributed by atoms with Crippen LogP contribution in [0.4, 0.5) is 13.2 Å². The van der Waals surface area contributed by atoms with Crippen molar-refractivity contribution in [2.75, 3.05) is 0 Å². The van der Waals surface area contributed by atoms with Crippen LogP contribution < -0.4 is 0 Å². The van der Waals surface area contributed by atoms with Crippen LogP contribution in [0.1, 0.15) is 68.3 Å². The van der Waals surface area contributed by atoms with E-state index in [0.29, 0.717) is 17.4 Å². The highest BCUT2D eigenvalue weighted by Crippen LogP contribution is 2.34.